The van der Waals surface area contributed by atoms with Crippen LogP contribution in [0.2, 0.25) is 0 Å². The van der Waals surface area contributed by atoms with Crippen LogP contribution in [0.15, 0.2) is 36.5 Å². The van der Waals surface area contributed by atoms with Gasteiger partial charge >= 0.3 is 0 Å². The van der Waals surface area contributed by atoms with Gasteiger partial charge in [0.05, 0.1) is 18.4 Å². The van der Waals surface area contributed by atoms with Crippen LogP contribution in [0.1, 0.15) is 26.8 Å². The van der Waals surface area contributed by atoms with Crippen molar-refractivity contribution in [1.29, 1.82) is 0 Å². The second-order valence-electron chi connectivity index (χ2n) is 5.99. The molecule has 4 rings (SSSR count). The largest absolute Gasteiger partial charge is 0.507 e. The number of aromatic hydroxyl groups is 1. The lowest BCUT2D eigenvalue weighted by molar-refractivity contribution is 0.0700. The van der Waals surface area contributed by atoms with Crippen molar-refractivity contribution in [1.82, 2.24) is 24.6 Å². The third-order valence-corrected chi connectivity index (χ3v) is 4.39. The normalized spacial score (nSPS) is 13.5. The molecule has 0 saturated heterocycles. The van der Waals surface area contributed by atoms with Crippen LogP contribution in [0, 0.1) is 0 Å². The number of phenolic OH excluding ortho intramolecular Hbond substituents is 1. The van der Waals surface area contributed by atoms with Gasteiger partial charge in [-0.15, -0.1) is 0 Å². The maximum Gasteiger partial charge on any atom is 0.272 e. The minimum Gasteiger partial charge on any atom is -0.507 e. The van der Waals surface area contributed by atoms with Crippen molar-refractivity contribution in [2.75, 3.05) is 6.54 Å². The minimum atomic E-state index is -0.538. The van der Waals surface area contributed by atoms with Crippen molar-refractivity contribution >= 4 is 11.8 Å². The van der Waals surface area contributed by atoms with Crippen LogP contribution in [-0.2, 0) is 13.1 Å². The number of hydrogen-bond donors (Lipinski definition) is 3. The maximum absolute atomic E-state index is 12.7. The number of para-hydroxylation sites is 1. The highest BCUT2D eigenvalue weighted by Gasteiger charge is 2.26. The molecular formula is C17H16N6O3. The first-order valence-electron chi connectivity index (χ1n) is 8.02. The molecular weight excluding hydrogens is 336 g/mol. The summed E-state index contributed by atoms with van der Waals surface area (Å²) in [6, 6.07) is 8.39. The Morgan fingerprint density at radius 1 is 1.23 bits per heavy atom. The molecule has 9 nitrogen and oxygen atoms in total. The van der Waals surface area contributed by atoms with Gasteiger partial charge in [-0.2, -0.15) is 5.10 Å². The fourth-order valence-corrected chi connectivity index (χ4v) is 3.06. The van der Waals surface area contributed by atoms with E-state index in [0.717, 1.165) is 0 Å². The van der Waals surface area contributed by atoms with Crippen molar-refractivity contribution in [2.45, 2.75) is 13.1 Å². The first kappa shape index (κ1) is 15.9. The third-order valence-electron chi connectivity index (χ3n) is 4.39. The zero-order chi connectivity index (χ0) is 18.3. The molecule has 3 aromatic rings. The van der Waals surface area contributed by atoms with Crippen molar-refractivity contribution in [3.63, 3.8) is 0 Å². The number of benzene rings is 1. The summed E-state index contributed by atoms with van der Waals surface area (Å²) >= 11 is 0. The number of fused-ring (bicyclic) bond motifs is 1. The molecule has 132 valence electrons. The molecule has 0 radical (unpaired) electrons. The lowest BCUT2D eigenvalue weighted by Crippen LogP contribution is -2.39. The molecule has 1 aromatic carbocycles. The average molecular weight is 352 g/mol. The maximum atomic E-state index is 12.7. The van der Waals surface area contributed by atoms with E-state index in [-0.39, 0.29) is 18.2 Å². The smallest absolute Gasteiger partial charge is 0.272 e. The fourth-order valence-electron chi connectivity index (χ4n) is 3.06. The van der Waals surface area contributed by atoms with Gasteiger partial charge in [0, 0.05) is 18.7 Å². The Morgan fingerprint density at radius 3 is 2.81 bits per heavy atom. The van der Waals surface area contributed by atoms with Crippen LogP contribution in [-0.4, -0.2) is 48.1 Å². The zero-order valence-electron chi connectivity index (χ0n) is 13.7. The van der Waals surface area contributed by atoms with Crippen molar-refractivity contribution in [3.8, 4) is 17.0 Å². The second kappa shape index (κ2) is 6.03. The van der Waals surface area contributed by atoms with Crippen LogP contribution >= 0.6 is 0 Å². The van der Waals surface area contributed by atoms with Gasteiger partial charge in [0.25, 0.3) is 11.8 Å². The second-order valence-corrected chi connectivity index (χ2v) is 5.99. The monoisotopic (exact) mass is 352 g/mol. The Bertz CT molecular complexity index is 1010. The van der Waals surface area contributed by atoms with Crippen molar-refractivity contribution < 1.29 is 14.7 Å². The van der Waals surface area contributed by atoms with Gasteiger partial charge in [0.2, 0.25) is 0 Å². The number of imidazole rings is 1. The highest BCUT2D eigenvalue weighted by molar-refractivity contribution is 5.94. The van der Waals surface area contributed by atoms with Crippen LogP contribution < -0.4 is 5.73 Å². The van der Waals surface area contributed by atoms with Crippen LogP contribution in [0.5, 0.6) is 5.75 Å². The number of nitrogens with zero attached hydrogens (tertiary/aromatic N) is 4. The molecule has 0 saturated carbocycles. The van der Waals surface area contributed by atoms with Gasteiger partial charge in [0.1, 0.15) is 23.0 Å². The molecule has 0 unspecified atom stereocenters. The summed E-state index contributed by atoms with van der Waals surface area (Å²) in [5.41, 5.74) is 7.02. The molecule has 0 aliphatic carbocycles. The van der Waals surface area contributed by atoms with E-state index >= 15 is 0 Å². The molecule has 1 aliphatic rings. The molecule has 1 aliphatic heterocycles. The number of aromatic nitrogens is 4. The Hall–Kier alpha value is -3.62. The van der Waals surface area contributed by atoms with Crippen LogP contribution in [0.4, 0.5) is 0 Å². The number of phenols is 1. The first-order valence-corrected chi connectivity index (χ1v) is 8.02. The SMILES string of the molecule is NC(=O)c1cnc2n1CCN(C(=O)c1cc(-c3ccccc3O)n[nH]1)C2. The Kier molecular flexibility index (Phi) is 3.68. The van der Waals surface area contributed by atoms with Crippen molar-refractivity contribution in [3.05, 3.63) is 53.7 Å². The molecule has 2 amide bonds. The highest BCUT2D eigenvalue weighted by atomic mass is 16.3. The standard InChI is InChI=1S/C17H16N6O3/c18-16(25)13-8-19-15-9-22(5-6-23(13)15)17(26)12-7-11(20-21-12)10-3-1-2-4-14(10)24/h1-4,7-8,24H,5-6,9H2,(H2,18,25)(H,20,21). The highest BCUT2D eigenvalue weighted by Crippen LogP contribution is 2.27. The van der Waals surface area contributed by atoms with E-state index in [1.165, 1.54) is 6.20 Å². The number of H-pyrrole nitrogens is 1. The molecule has 0 fully saturated rings. The number of carbonyl (C=O) groups is 2. The van der Waals surface area contributed by atoms with E-state index in [1.54, 1.807) is 39.8 Å². The third kappa shape index (κ3) is 2.59. The van der Waals surface area contributed by atoms with E-state index in [0.29, 0.717) is 41.6 Å². The summed E-state index contributed by atoms with van der Waals surface area (Å²) in [6.07, 6.45) is 1.43. The zero-order valence-corrected chi connectivity index (χ0v) is 13.7. The van der Waals surface area contributed by atoms with Gasteiger partial charge < -0.3 is 20.3 Å². The van der Waals surface area contributed by atoms with E-state index in [9.17, 15) is 14.7 Å². The molecule has 4 N–H and O–H groups in total. The number of nitrogens with one attached hydrogen (secondary N) is 1. The fraction of sp³-hybridized carbons (Fsp3) is 0.176. The number of hydrogen-bond acceptors (Lipinski definition) is 5. The number of nitrogens with two attached hydrogens (primary N) is 1. The number of rotatable bonds is 3. The molecule has 3 heterocycles. The van der Waals surface area contributed by atoms with Gasteiger partial charge in [0.15, 0.2) is 0 Å². The summed E-state index contributed by atoms with van der Waals surface area (Å²) < 4.78 is 1.73. The summed E-state index contributed by atoms with van der Waals surface area (Å²) in [5, 5.41) is 16.8. The quantitative estimate of drug-likeness (QED) is 0.640. The van der Waals surface area contributed by atoms with Gasteiger partial charge in [-0.3, -0.25) is 14.7 Å². The van der Waals surface area contributed by atoms with Gasteiger partial charge in [-0.1, -0.05) is 12.1 Å². The van der Waals surface area contributed by atoms with E-state index in [4.69, 9.17) is 5.73 Å². The lowest BCUT2D eigenvalue weighted by Gasteiger charge is -2.27. The lowest BCUT2D eigenvalue weighted by atomic mass is 10.1. The predicted molar refractivity (Wildman–Crippen MR) is 91.2 cm³/mol. The van der Waals surface area contributed by atoms with Crippen LogP contribution in [0.25, 0.3) is 11.3 Å². The molecule has 0 atom stereocenters. The predicted octanol–water partition coefficient (Wildman–Crippen LogP) is 0.734. The number of aromatic amines is 1. The van der Waals surface area contributed by atoms with E-state index < -0.39 is 5.91 Å². The van der Waals surface area contributed by atoms with Crippen molar-refractivity contribution in [2.24, 2.45) is 5.73 Å². The van der Waals surface area contributed by atoms with Gasteiger partial charge in [-0.05, 0) is 18.2 Å². The Balaban J connectivity index is 1.56. The van der Waals surface area contributed by atoms with E-state index in [2.05, 4.69) is 15.2 Å². The summed E-state index contributed by atoms with van der Waals surface area (Å²) in [6.45, 7) is 1.14. The molecule has 26 heavy (non-hydrogen) atoms. The summed E-state index contributed by atoms with van der Waals surface area (Å²) in [4.78, 5) is 29.9. The van der Waals surface area contributed by atoms with Crippen LogP contribution in [0.3, 0.4) is 0 Å². The molecule has 0 spiro atoms. The topological polar surface area (TPSA) is 130 Å². The number of carbonyl (C=O) groups excluding carboxylic acids is 2. The summed E-state index contributed by atoms with van der Waals surface area (Å²) in [7, 11) is 0. The summed E-state index contributed by atoms with van der Waals surface area (Å²) in [5.74, 6) is -0.0609. The molecule has 0 bridgehead atoms. The Morgan fingerprint density at radius 2 is 2.04 bits per heavy atom. The average Bonchev–Trinajstić information content (AvgIpc) is 3.28. The number of amides is 2. The Labute approximate surface area is 148 Å². The number of primary amides is 1. The van der Waals surface area contributed by atoms with E-state index in [1.807, 2.05) is 0 Å². The molecule has 9 heteroatoms. The van der Waals surface area contributed by atoms with Gasteiger partial charge in [-0.25, -0.2) is 4.98 Å². The minimum absolute atomic E-state index is 0.0944. The molecule has 2 aromatic heterocycles. The first-order chi connectivity index (χ1) is 12.5.